The highest BCUT2D eigenvalue weighted by atomic mass is 32.1. The lowest BCUT2D eigenvalue weighted by atomic mass is 9.92. The van der Waals surface area contributed by atoms with Gasteiger partial charge in [0.2, 0.25) is 5.91 Å². The highest BCUT2D eigenvalue weighted by Crippen LogP contribution is 2.32. The van der Waals surface area contributed by atoms with Gasteiger partial charge in [-0.2, -0.15) is 5.10 Å². The summed E-state index contributed by atoms with van der Waals surface area (Å²) in [7, 11) is 0. The van der Waals surface area contributed by atoms with Crippen LogP contribution in [0.15, 0.2) is 35.8 Å². The topological polar surface area (TPSA) is 64.0 Å². The fourth-order valence-corrected chi connectivity index (χ4v) is 4.78. The Morgan fingerprint density at radius 1 is 1.31 bits per heavy atom. The van der Waals surface area contributed by atoms with E-state index in [0.717, 1.165) is 36.1 Å². The van der Waals surface area contributed by atoms with Gasteiger partial charge in [0.25, 0.3) is 0 Å². The molecule has 1 amide bonds. The quantitative estimate of drug-likeness (QED) is 0.634. The Balaban J connectivity index is 1.53. The molecule has 0 spiro atoms. The normalized spacial score (nSPS) is 15.8. The first-order valence-corrected chi connectivity index (χ1v) is 10.8. The molecular weight excluding hydrogens is 382 g/mol. The first-order chi connectivity index (χ1) is 13.9. The van der Waals surface area contributed by atoms with Crippen LogP contribution >= 0.6 is 11.3 Å². The highest BCUT2D eigenvalue weighted by Gasteiger charge is 2.26. The zero-order valence-corrected chi connectivity index (χ0v) is 17.8. The predicted molar refractivity (Wildman–Crippen MR) is 115 cm³/mol. The molecule has 6 heteroatoms. The molecule has 1 atom stereocenters. The molecule has 0 bridgehead atoms. The maximum Gasteiger partial charge on any atom is 0.224 e. The summed E-state index contributed by atoms with van der Waals surface area (Å²) >= 11 is 1.39. The van der Waals surface area contributed by atoms with Crippen molar-refractivity contribution >= 4 is 23.0 Å². The predicted octanol–water partition coefficient (Wildman–Crippen LogP) is 4.49. The summed E-state index contributed by atoms with van der Waals surface area (Å²) in [6.45, 7) is 5.78. The minimum atomic E-state index is -0.0183. The van der Waals surface area contributed by atoms with Crippen molar-refractivity contribution in [1.29, 1.82) is 0 Å². The molecule has 29 heavy (non-hydrogen) atoms. The van der Waals surface area contributed by atoms with Crippen LogP contribution in [0, 0.1) is 13.8 Å². The molecule has 2 heterocycles. The summed E-state index contributed by atoms with van der Waals surface area (Å²) in [4.78, 5) is 24.8. The lowest BCUT2D eigenvalue weighted by molar-refractivity contribution is -0.121. The molecule has 1 N–H and O–H groups in total. The summed E-state index contributed by atoms with van der Waals surface area (Å²) in [5, 5.41) is 9.73. The van der Waals surface area contributed by atoms with Gasteiger partial charge >= 0.3 is 0 Å². The summed E-state index contributed by atoms with van der Waals surface area (Å²) in [6, 6.07) is 8.07. The third-order valence-electron chi connectivity index (χ3n) is 5.69. The van der Waals surface area contributed by atoms with E-state index in [1.54, 1.807) is 6.92 Å². The van der Waals surface area contributed by atoms with Gasteiger partial charge in [0, 0.05) is 11.3 Å². The van der Waals surface area contributed by atoms with Gasteiger partial charge in [0.05, 0.1) is 29.2 Å². The number of nitrogens with zero attached hydrogens (tertiary/aromatic N) is 2. The number of fused-ring (bicyclic) bond motifs is 1. The van der Waals surface area contributed by atoms with Gasteiger partial charge in [-0.25, -0.2) is 4.68 Å². The monoisotopic (exact) mass is 407 g/mol. The van der Waals surface area contributed by atoms with Crippen molar-refractivity contribution in [1.82, 2.24) is 15.1 Å². The Hall–Kier alpha value is -2.73. The second kappa shape index (κ2) is 7.95. The molecule has 4 rings (SSSR count). The number of aromatic nitrogens is 2. The lowest BCUT2D eigenvalue weighted by Crippen LogP contribution is -2.32. The van der Waals surface area contributed by atoms with Crippen LogP contribution in [-0.4, -0.2) is 21.5 Å². The van der Waals surface area contributed by atoms with E-state index >= 15 is 0 Å². The van der Waals surface area contributed by atoms with Crippen molar-refractivity contribution in [2.45, 2.75) is 52.5 Å². The molecule has 3 aromatic rings. The van der Waals surface area contributed by atoms with Crippen LogP contribution in [0.3, 0.4) is 0 Å². The van der Waals surface area contributed by atoms with Crippen molar-refractivity contribution in [3.05, 3.63) is 68.7 Å². The highest BCUT2D eigenvalue weighted by molar-refractivity contribution is 7.12. The van der Waals surface area contributed by atoms with Gasteiger partial charge in [-0.1, -0.05) is 12.1 Å². The Kier molecular flexibility index (Phi) is 5.37. The third kappa shape index (κ3) is 3.90. The van der Waals surface area contributed by atoms with Crippen LogP contribution in [-0.2, 0) is 17.6 Å². The van der Waals surface area contributed by atoms with Gasteiger partial charge in [-0.15, -0.1) is 11.3 Å². The largest absolute Gasteiger partial charge is 0.349 e. The van der Waals surface area contributed by atoms with Crippen LogP contribution in [0.4, 0.5) is 0 Å². The molecule has 0 unspecified atom stereocenters. The number of carbonyl (C=O) groups is 2. The number of nitrogens with one attached hydrogen (secondary N) is 1. The van der Waals surface area contributed by atoms with E-state index in [4.69, 9.17) is 0 Å². The fourth-order valence-electron chi connectivity index (χ4n) is 3.96. The van der Waals surface area contributed by atoms with Crippen molar-refractivity contribution in [2.24, 2.45) is 0 Å². The fraction of sp³-hybridized carbons (Fsp3) is 0.348. The number of thiophene rings is 1. The zero-order chi connectivity index (χ0) is 20.5. The SMILES string of the molecule is CC(=O)c1cc(CC(=O)N[C@@H]2CCCc3c2cnn3-c2cccc(C)c2C)cs1. The molecule has 0 aliphatic heterocycles. The summed E-state index contributed by atoms with van der Waals surface area (Å²) in [5.41, 5.74) is 6.76. The molecular formula is C23H25N3O2S. The van der Waals surface area contributed by atoms with E-state index in [1.807, 2.05) is 22.3 Å². The molecule has 1 aromatic carbocycles. The number of amides is 1. The first-order valence-electron chi connectivity index (χ1n) is 9.95. The Morgan fingerprint density at radius 3 is 2.90 bits per heavy atom. The molecule has 150 valence electrons. The van der Waals surface area contributed by atoms with E-state index in [-0.39, 0.29) is 17.7 Å². The average molecular weight is 408 g/mol. The zero-order valence-electron chi connectivity index (χ0n) is 17.0. The van der Waals surface area contributed by atoms with E-state index < -0.39 is 0 Å². The van der Waals surface area contributed by atoms with Crippen LogP contribution in [0.25, 0.3) is 5.69 Å². The number of hydrogen-bond acceptors (Lipinski definition) is 4. The van der Waals surface area contributed by atoms with Crippen molar-refractivity contribution in [3.8, 4) is 5.69 Å². The standard InChI is InChI=1S/C23H25N3O2S/c1-14-6-4-8-20(15(14)2)26-21-9-5-7-19(18(21)12-24-26)25-23(28)11-17-10-22(16(3)27)29-13-17/h4,6,8,10,12-13,19H,5,7,9,11H2,1-3H3,(H,25,28)/t19-/m1/s1. The van der Waals surface area contributed by atoms with Gasteiger partial charge in [-0.05, 0) is 74.2 Å². The maximum atomic E-state index is 12.6. The molecule has 2 aromatic heterocycles. The van der Waals surface area contributed by atoms with Gasteiger partial charge in [0.1, 0.15) is 0 Å². The third-order valence-corrected chi connectivity index (χ3v) is 6.77. The molecule has 5 nitrogen and oxygen atoms in total. The second-order valence-electron chi connectivity index (χ2n) is 7.74. The van der Waals surface area contributed by atoms with Crippen molar-refractivity contribution in [3.63, 3.8) is 0 Å². The smallest absolute Gasteiger partial charge is 0.224 e. The number of ketones is 1. The van der Waals surface area contributed by atoms with Crippen molar-refractivity contribution in [2.75, 3.05) is 0 Å². The summed E-state index contributed by atoms with van der Waals surface area (Å²) in [5.74, 6) is 0.0210. The number of benzene rings is 1. The summed E-state index contributed by atoms with van der Waals surface area (Å²) in [6.07, 6.45) is 5.09. The van der Waals surface area contributed by atoms with Crippen LogP contribution in [0.1, 0.15) is 63.4 Å². The average Bonchev–Trinajstić information content (AvgIpc) is 3.32. The van der Waals surface area contributed by atoms with Gasteiger partial charge < -0.3 is 5.32 Å². The summed E-state index contributed by atoms with van der Waals surface area (Å²) < 4.78 is 2.04. The number of carbonyl (C=O) groups excluding carboxylic acids is 2. The van der Waals surface area contributed by atoms with Gasteiger partial charge in [0.15, 0.2) is 5.78 Å². The second-order valence-corrected chi connectivity index (χ2v) is 8.65. The van der Waals surface area contributed by atoms with Crippen LogP contribution in [0.5, 0.6) is 0 Å². The molecule has 0 radical (unpaired) electrons. The molecule has 0 saturated heterocycles. The lowest BCUT2D eigenvalue weighted by Gasteiger charge is -2.24. The number of hydrogen-bond donors (Lipinski definition) is 1. The molecule has 1 aliphatic rings. The van der Waals surface area contributed by atoms with E-state index in [1.165, 1.54) is 28.2 Å². The van der Waals surface area contributed by atoms with Crippen LogP contribution < -0.4 is 5.32 Å². The molecule has 0 saturated carbocycles. The number of rotatable bonds is 5. The number of Topliss-reactive ketones (excluding diaryl/α,β-unsaturated/α-hetero) is 1. The maximum absolute atomic E-state index is 12.6. The van der Waals surface area contributed by atoms with E-state index in [0.29, 0.717) is 11.3 Å². The van der Waals surface area contributed by atoms with Crippen LogP contribution in [0.2, 0.25) is 0 Å². The Morgan fingerprint density at radius 2 is 2.14 bits per heavy atom. The minimum absolute atomic E-state index is 0.0176. The molecule has 1 aliphatic carbocycles. The van der Waals surface area contributed by atoms with E-state index in [2.05, 4.69) is 42.5 Å². The molecule has 0 fully saturated rings. The minimum Gasteiger partial charge on any atom is -0.349 e. The van der Waals surface area contributed by atoms with E-state index in [9.17, 15) is 9.59 Å². The first kappa shape index (κ1) is 19.6. The Labute approximate surface area is 174 Å². The van der Waals surface area contributed by atoms with Gasteiger partial charge in [-0.3, -0.25) is 9.59 Å². The van der Waals surface area contributed by atoms with Crippen molar-refractivity contribution < 1.29 is 9.59 Å². The Bertz CT molecular complexity index is 1080. The number of aryl methyl sites for hydroxylation is 1.